The number of nitrogens with one attached hydrogen (secondary N) is 1. The Kier molecular flexibility index (Phi) is 6.19. The number of hydrogen-bond donors (Lipinski definition) is 1. The highest BCUT2D eigenvalue weighted by atomic mass is 32.1. The second-order valence-corrected chi connectivity index (χ2v) is 7.30. The number of piperidine rings is 1. The summed E-state index contributed by atoms with van der Waals surface area (Å²) in [4.78, 5) is 40.3. The zero-order chi connectivity index (χ0) is 20.1. The van der Waals surface area contributed by atoms with Gasteiger partial charge in [-0.05, 0) is 18.9 Å². The predicted octanol–water partition coefficient (Wildman–Crippen LogP) is 2.97. The Morgan fingerprint density at radius 2 is 2.07 bits per heavy atom. The molecule has 0 bridgehead atoms. The van der Waals surface area contributed by atoms with E-state index >= 15 is 0 Å². The second-order valence-electron chi connectivity index (χ2n) is 6.44. The number of para-hydroxylation sites is 2. The summed E-state index contributed by atoms with van der Waals surface area (Å²) in [7, 11) is 0. The maximum absolute atomic E-state index is 12.3. The third-order valence-corrected chi connectivity index (χ3v) is 5.25. The van der Waals surface area contributed by atoms with Crippen LogP contribution in [0.15, 0.2) is 29.6 Å². The lowest BCUT2D eigenvalue weighted by molar-refractivity contribution is -0.384. The van der Waals surface area contributed by atoms with E-state index in [2.05, 4.69) is 10.3 Å². The molecule has 148 valence electrons. The Bertz CT molecular complexity index is 876. The fraction of sp³-hybridized carbons (Fsp3) is 0.389. The first-order chi connectivity index (χ1) is 13.4. The van der Waals surface area contributed by atoms with Crippen LogP contribution >= 0.6 is 11.3 Å². The lowest BCUT2D eigenvalue weighted by atomic mass is 9.96. The van der Waals surface area contributed by atoms with E-state index in [-0.39, 0.29) is 30.1 Å². The third kappa shape index (κ3) is 4.83. The van der Waals surface area contributed by atoms with Crippen molar-refractivity contribution in [3.63, 3.8) is 0 Å². The van der Waals surface area contributed by atoms with Crippen molar-refractivity contribution in [3.05, 3.63) is 45.5 Å². The molecule has 1 fully saturated rings. The highest BCUT2D eigenvalue weighted by Gasteiger charge is 2.29. The number of aromatic nitrogens is 1. The number of nitro groups is 1. The van der Waals surface area contributed by atoms with E-state index in [9.17, 15) is 19.7 Å². The van der Waals surface area contributed by atoms with Gasteiger partial charge < -0.3 is 15.0 Å². The molecule has 1 N–H and O–H groups in total. The van der Waals surface area contributed by atoms with Gasteiger partial charge in [-0.25, -0.2) is 4.98 Å². The highest BCUT2D eigenvalue weighted by molar-refractivity contribution is 7.13. The van der Waals surface area contributed by atoms with Gasteiger partial charge in [0.1, 0.15) is 12.3 Å². The second kappa shape index (κ2) is 8.79. The average Bonchev–Trinajstić information content (AvgIpc) is 3.12. The summed E-state index contributed by atoms with van der Waals surface area (Å²) >= 11 is 1.27. The van der Waals surface area contributed by atoms with Gasteiger partial charge in [-0.2, -0.15) is 0 Å². The minimum atomic E-state index is -0.390. The van der Waals surface area contributed by atoms with E-state index in [4.69, 9.17) is 4.74 Å². The van der Waals surface area contributed by atoms with E-state index in [0.29, 0.717) is 42.4 Å². The summed E-state index contributed by atoms with van der Waals surface area (Å²) in [5, 5.41) is 16.0. The van der Waals surface area contributed by atoms with Crippen LogP contribution in [0.1, 0.15) is 25.5 Å². The molecule has 0 saturated carbocycles. The summed E-state index contributed by atoms with van der Waals surface area (Å²) in [5.74, 6) is -0.743. The van der Waals surface area contributed by atoms with Crippen molar-refractivity contribution < 1.29 is 19.2 Å². The van der Waals surface area contributed by atoms with E-state index in [1.54, 1.807) is 23.6 Å². The number of carbonyl (C=O) groups is 2. The summed E-state index contributed by atoms with van der Waals surface area (Å²) in [6, 6.07) is 6.62. The van der Waals surface area contributed by atoms with Crippen LogP contribution < -0.4 is 10.2 Å². The Hall–Kier alpha value is -3.01. The molecular formula is C18H20N4O5S. The standard InChI is InChI=1S/C18H20N4O5S/c1-12(23)19-18-20-14(11-28-18)10-27-17(24)13-6-8-21(9-7-13)15-4-2-3-5-16(15)22(25)26/h2-5,11,13H,6-10H2,1H3,(H,19,20,23). The molecule has 0 unspecified atom stereocenters. The van der Waals surface area contributed by atoms with Crippen LogP contribution in [0.3, 0.4) is 0 Å². The van der Waals surface area contributed by atoms with Crippen molar-refractivity contribution in [2.24, 2.45) is 5.92 Å². The Morgan fingerprint density at radius 1 is 1.36 bits per heavy atom. The van der Waals surface area contributed by atoms with Crippen LogP contribution in [0.4, 0.5) is 16.5 Å². The molecule has 9 nitrogen and oxygen atoms in total. The molecule has 1 amide bonds. The summed E-state index contributed by atoms with van der Waals surface area (Å²) in [5.41, 5.74) is 1.23. The third-order valence-electron chi connectivity index (χ3n) is 4.44. The molecule has 1 aliphatic heterocycles. The van der Waals surface area contributed by atoms with Crippen LogP contribution in [-0.4, -0.2) is 34.9 Å². The Labute approximate surface area is 165 Å². The lowest BCUT2D eigenvalue weighted by Crippen LogP contribution is -2.37. The molecule has 3 rings (SSSR count). The normalized spacial score (nSPS) is 14.5. The molecule has 1 aliphatic rings. The van der Waals surface area contributed by atoms with Crippen LogP contribution in [0.25, 0.3) is 0 Å². The number of thiazole rings is 1. The molecule has 2 aromatic rings. The molecule has 1 saturated heterocycles. The maximum Gasteiger partial charge on any atom is 0.309 e. The molecule has 0 aliphatic carbocycles. The van der Waals surface area contributed by atoms with Gasteiger partial charge in [-0.3, -0.25) is 19.7 Å². The van der Waals surface area contributed by atoms with Crippen molar-refractivity contribution in [2.75, 3.05) is 23.3 Å². The van der Waals surface area contributed by atoms with Crippen LogP contribution in [0.5, 0.6) is 0 Å². The van der Waals surface area contributed by atoms with E-state index in [1.165, 1.54) is 24.3 Å². The SMILES string of the molecule is CC(=O)Nc1nc(COC(=O)C2CCN(c3ccccc3[N+](=O)[O-])CC2)cs1. The first kappa shape index (κ1) is 19.7. The van der Waals surface area contributed by atoms with Crippen LogP contribution in [0.2, 0.25) is 0 Å². The van der Waals surface area contributed by atoms with Gasteiger partial charge in [0.15, 0.2) is 5.13 Å². The minimum absolute atomic E-state index is 0.0549. The number of rotatable bonds is 6. The number of esters is 1. The Morgan fingerprint density at radius 3 is 2.75 bits per heavy atom. The number of nitro benzene ring substituents is 1. The topological polar surface area (TPSA) is 115 Å². The number of nitrogens with zero attached hydrogens (tertiary/aromatic N) is 3. The van der Waals surface area contributed by atoms with Crippen LogP contribution in [0, 0.1) is 16.0 Å². The van der Waals surface area contributed by atoms with Crippen molar-refractivity contribution in [1.82, 2.24) is 4.98 Å². The molecule has 1 aromatic carbocycles. The van der Waals surface area contributed by atoms with Gasteiger partial charge in [-0.1, -0.05) is 12.1 Å². The number of anilines is 2. The monoisotopic (exact) mass is 404 g/mol. The van der Waals surface area contributed by atoms with Crippen molar-refractivity contribution in [1.29, 1.82) is 0 Å². The van der Waals surface area contributed by atoms with Gasteiger partial charge in [0.25, 0.3) is 5.69 Å². The van der Waals surface area contributed by atoms with E-state index in [1.807, 2.05) is 4.90 Å². The average molecular weight is 404 g/mol. The number of hydrogen-bond acceptors (Lipinski definition) is 8. The van der Waals surface area contributed by atoms with Crippen LogP contribution in [-0.2, 0) is 20.9 Å². The lowest BCUT2D eigenvalue weighted by Gasteiger charge is -2.32. The molecule has 1 aromatic heterocycles. The predicted molar refractivity (Wildman–Crippen MR) is 104 cm³/mol. The van der Waals surface area contributed by atoms with E-state index in [0.717, 1.165) is 0 Å². The van der Waals surface area contributed by atoms with E-state index < -0.39 is 4.92 Å². The first-order valence-corrected chi connectivity index (χ1v) is 9.69. The molecule has 0 atom stereocenters. The fourth-order valence-corrected chi connectivity index (χ4v) is 3.83. The highest BCUT2D eigenvalue weighted by Crippen LogP contribution is 2.31. The molecular weight excluding hydrogens is 384 g/mol. The molecule has 2 heterocycles. The number of amides is 1. The van der Waals surface area contributed by atoms with Gasteiger partial charge >= 0.3 is 5.97 Å². The summed E-state index contributed by atoms with van der Waals surface area (Å²) < 4.78 is 5.35. The number of carbonyl (C=O) groups excluding carboxylic acids is 2. The summed E-state index contributed by atoms with van der Waals surface area (Å²) in [6.45, 7) is 2.55. The first-order valence-electron chi connectivity index (χ1n) is 8.81. The molecule has 10 heteroatoms. The summed E-state index contributed by atoms with van der Waals surface area (Å²) in [6.07, 6.45) is 1.14. The Balaban J connectivity index is 1.51. The van der Waals surface area contributed by atoms with Crippen molar-refractivity contribution in [2.45, 2.75) is 26.4 Å². The number of ether oxygens (including phenoxy) is 1. The van der Waals surface area contributed by atoms with Gasteiger partial charge in [-0.15, -0.1) is 11.3 Å². The van der Waals surface area contributed by atoms with Gasteiger partial charge in [0.2, 0.25) is 5.91 Å². The van der Waals surface area contributed by atoms with Gasteiger partial charge in [0, 0.05) is 31.5 Å². The zero-order valence-electron chi connectivity index (χ0n) is 15.3. The number of benzene rings is 1. The van der Waals surface area contributed by atoms with Gasteiger partial charge in [0.05, 0.1) is 16.5 Å². The zero-order valence-corrected chi connectivity index (χ0v) is 16.1. The van der Waals surface area contributed by atoms with Crippen molar-refractivity contribution >= 4 is 39.7 Å². The fourth-order valence-electron chi connectivity index (χ4n) is 3.09. The minimum Gasteiger partial charge on any atom is -0.459 e. The molecule has 28 heavy (non-hydrogen) atoms. The van der Waals surface area contributed by atoms with Crippen molar-refractivity contribution in [3.8, 4) is 0 Å². The smallest absolute Gasteiger partial charge is 0.309 e. The molecule has 0 spiro atoms. The maximum atomic E-state index is 12.3. The molecule has 0 radical (unpaired) electrons. The largest absolute Gasteiger partial charge is 0.459 e. The quantitative estimate of drug-likeness (QED) is 0.447.